The molecule has 0 aliphatic carbocycles. The van der Waals surface area contributed by atoms with Crippen LogP contribution >= 0.6 is 0 Å². The molecule has 0 radical (unpaired) electrons. The largest absolute Gasteiger partial charge is 0.480 e. The van der Waals surface area contributed by atoms with Gasteiger partial charge in [0.05, 0.1) is 42.9 Å². The van der Waals surface area contributed by atoms with E-state index in [4.69, 9.17) is 15.2 Å². The number of ether oxygens (including phenoxy) is 2. The molecule has 19 heteroatoms. The Morgan fingerprint density at radius 1 is 0.820 bits per heavy atom. The first-order chi connectivity index (χ1) is 29.1. The van der Waals surface area contributed by atoms with Crippen molar-refractivity contribution in [1.29, 1.82) is 0 Å². The van der Waals surface area contributed by atoms with E-state index in [9.17, 15) is 33.9 Å². The number of aromatic amines is 1. The van der Waals surface area contributed by atoms with Crippen LogP contribution in [0.2, 0.25) is 0 Å². The van der Waals surface area contributed by atoms with Crippen molar-refractivity contribution in [2.75, 3.05) is 43.9 Å². The van der Waals surface area contributed by atoms with Gasteiger partial charge >= 0.3 is 5.97 Å². The van der Waals surface area contributed by atoms with Gasteiger partial charge in [-0.1, -0.05) is 25.1 Å². The quantitative estimate of drug-likeness (QED) is 0.0446. The summed E-state index contributed by atoms with van der Waals surface area (Å²) in [7, 11) is 0. The zero-order chi connectivity index (χ0) is 44.4. The summed E-state index contributed by atoms with van der Waals surface area (Å²) in [5.74, 6) is -2.80. The SMILES string of the molecule is CCC(C)(CCOC(C)(C)CCNC(=O)c1ccccc1)OCCC(=O)NCCNC(=O)CCC(NC(=O)c1ccc(NCc2cnc3nc(N)[nH]c(=O)c3n2)cc1)C(=O)O. The van der Waals surface area contributed by atoms with Crippen LogP contribution in [0.4, 0.5) is 11.6 Å². The van der Waals surface area contributed by atoms with Crippen molar-refractivity contribution in [3.63, 3.8) is 0 Å². The highest BCUT2D eigenvalue weighted by Gasteiger charge is 2.26. The molecule has 2 aromatic carbocycles. The number of nitrogens with one attached hydrogen (secondary N) is 6. The lowest BCUT2D eigenvalue weighted by Crippen LogP contribution is -2.42. The van der Waals surface area contributed by atoms with Gasteiger partial charge in [0.2, 0.25) is 17.8 Å². The number of fused-ring (bicyclic) bond motifs is 1. The van der Waals surface area contributed by atoms with Crippen molar-refractivity contribution < 1.29 is 38.6 Å². The molecule has 9 N–H and O–H groups in total. The Labute approximate surface area is 353 Å². The third-order valence-electron chi connectivity index (χ3n) is 9.84. The average Bonchev–Trinajstić information content (AvgIpc) is 3.23. The minimum Gasteiger partial charge on any atom is -0.480 e. The van der Waals surface area contributed by atoms with Crippen molar-refractivity contribution in [3.8, 4) is 0 Å². The van der Waals surface area contributed by atoms with Crippen LogP contribution < -0.4 is 37.9 Å². The van der Waals surface area contributed by atoms with Gasteiger partial charge < -0.3 is 46.9 Å². The summed E-state index contributed by atoms with van der Waals surface area (Å²) >= 11 is 0. The molecule has 0 aliphatic rings. The number of rotatable bonds is 25. The number of carboxylic acid groups (broad SMARTS) is 1. The Bertz CT molecular complexity index is 2170. The van der Waals surface area contributed by atoms with E-state index in [2.05, 4.69) is 46.5 Å². The summed E-state index contributed by atoms with van der Waals surface area (Å²) in [6, 6.07) is 14.0. The molecule has 2 heterocycles. The van der Waals surface area contributed by atoms with Crippen molar-refractivity contribution >= 4 is 52.4 Å². The van der Waals surface area contributed by atoms with Gasteiger partial charge in [0.15, 0.2) is 11.2 Å². The summed E-state index contributed by atoms with van der Waals surface area (Å²) < 4.78 is 12.2. The normalized spacial score (nSPS) is 12.8. The molecule has 4 amide bonds. The lowest BCUT2D eigenvalue weighted by molar-refractivity contribution is -0.139. The first-order valence-electron chi connectivity index (χ1n) is 20.1. The third kappa shape index (κ3) is 15.9. The molecule has 0 aliphatic heterocycles. The number of aromatic nitrogens is 4. The Balaban J connectivity index is 1.07. The predicted molar refractivity (Wildman–Crippen MR) is 228 cm³/mol. The van der Waals surface area contributed by atoms with Crippen LogP contribution in [0.15, 0.2) is 65.6 Å². The highest BCUT2D eigenvalue weighted by atomic mass is 16.5. The molecule has 0 fully saturated rings. The van der Waals surface area contributed by atoms with Crippen LogP contribution in [0.1, 0.15) is 92.6 Å². The van der Waals surface area contributed by atoms with Crippen molar-refractivity contribution in [2.24, 2.45) is 0 Å². The molecular formula is C42H56N10O9. The fourth-order valence-corrected chi connectivity index (χ4v) is 5.87. The lowest BCUT2D eigenvalue weighted by Gasteiger charge is -2.31. The van der Waals surface area contributed by atoms with Gasteiger partial charge in [-0.15, -0.1) is 0 Å². The zero-order valence-corrected chi connectivity index (χ0v) is 35.0. The maximum atomic E-state index is 12.8. The molecule has 0 bridgehead atoms. The number of hydrogen-bond donors (Lipinski definition) is 8. The monoisotopic (exact) mass is 844 g/mol. The van der Waals surface area contributed by atoms with Gasteiger partial charge in [-0.05, 0) is 82.9 Å². The number of aliphatic carboxylic acids is 1. The Hall–Kier alpha value is -6.47. The van der Waals surface area contributed by atoms with Crippen molar-refractivity contribution in [1.82, 2.24) is 41.2 Å². The number of carbonyl (C=O) groups excluding carboxylic acids is 4. The van der Waals surface area contributed by atoms with E-state index in [1.807, 2.05) is 45.9 Å². The number of carbonyl (C=O) groups is 5. The number of nitrogens with zero attached hydrogens (tertiary/aromatic N) is 3. The molecule has 4 rings (SSSR count). The number of H-pyrrole nitrogens is 1. The Morgan fingerprint density at radius 2 is 1.49 bits per heavy atom. The van der Waals surface area contributed by atoms with Gasteiger partial charge in [0.25, 0.3) is 17.4 Å². The van der Waals surface area contributed by atoms with Crippen molar-refractivity contribution in [3.05, 3.63) is 88.0 Å². The van der Waals surface area contributed by atoms with E-state index in [-0.39, 0.29) is 80.0 Å². The second-order valence-electron chi connectivity index (χ2n) is 15.2. The number of nitrogen functional groups attached to an aromatic ring is 1. The molecule has 0 spiro atoms. The summed E-state index contributed by atoms with van der Waals surface area (Å²) in [5.41, 5.74) is 6.12. The number of hydrogen-bond acceptors (Lipinski definition) is 13. The number of amides is 4. The van der Waals surface area contributed by atoms with E-state index in [1.165, 1.54) is 18.3 Å². The molecule has 0 saturated heterocycles. The van der Waals surface area contributed by atoms with E-state index < -0.39 is 40.6 Å². The first kappa shape index (κ1) is 47.2. The van der Waals surface area contributed by atoms with Gasteiger partial charge in [-0.3, -0.25) is 29.0 Å². The van der Waals surface area contributed by atoms with E-state index in [0.717, 1.165) is 0 Å². The van der Waals surface area contributed by atoms with Crippen LogP contribution in [0.5, 0.6) is 0 Å². The Kier molecular flexibility index (Phi) is 17.6. The minimum absolute atomic E-state index is 0.0454. The summed E-state index contributed by atoms with van der Waals surface area (Å²) in [6.45, 7) is 9.54. The molecule has 2 unspecified atom stereocenters. The Morgan fingerprint density at radius 3 is 2.16 bits per heavy atom. The minimum atomic E-state index is -1.32. The maximum absolute atomic E-state index is 12.8. The summed E-state index contributed by atoms with van der Waals surface area (Å²) in [5, 5.41) is 23.5. The molecule has 2 atom stereocenters. The highest BCUT2D eigenvalue weighted by Crippen LogP contribution is 2.23. The molecule has 2 aromatic heterocycles. The van der Waals surface area contributed by atoms with Crippen LogP contribution in [0.3, 0.4) is 0 Å². The smallest absolute Gasteiger partial charge is 0.326 e. The van der Waals surface area contributed by atoms with Crippen LogP contribution in [-0.2, 0) is 30.4 Å². The number of benzene rings is 2. The fraction of sp³-hybridized carbons (Fsp3) is 0.452. The standard InChI is InChI=1S/C42H56N10O9/c1-5-42(4,19-24-60-41(2,3)18-20-46-36(55)27-9-7-6-8-10-27)61-23-17-33(54)45-22-21-44-32(53)16-15-31(39(58)59)50-37(56)28-11-13-29(14-12-28)47-25-30-26-48-35-34(49-30)38(57)52-40(43)51-35/h6-14,26,31,47H,5,15-25H2,1-4H3,(H,44,53)(H,45,54)(H,46,55)(H,50,56)(H,58,59)(H3,43,48,51,52,57). The number of anilines is 2. The lowest BCUT2D eigenvalue weighted by atomic mass is 9.98. The molecule has 0 saturated carbocycles. The average molecular weight is 845 g/mol. The number of nitrogens with two attached hydrogens (primary N) is 1. The van der Waals surface area contributed by atoms with Gasteiger partial charge in [-0.25, -0.2) is 14.8 Å². The fourth-order valence-electron chi connectivity index (χ4n) is 5.87. The van der Waals surface area contributed by atoms with Crippen LogP contribution in [-0.4, -0.2) is 105 Å². The van der Waals surface area contributed by atoms with Crippen LogP contribution in [0, 0.1) is 0 Å². The molecular weight excluding hydrogens is 789 g/mol. The second kappa shape index (κ2) is 22.8. The van der Waals surface area contributed by atoms with Crippen molar-refractivity contribution in [2.45, 2.75) is 90.0 Å². The zero-order valence-electron chi connectivity index (χ0n) is 35.0. The van der Waals surface area contributed by atoms with E-state index >= 15 is 0 Å². The number of carboxylic acids is 1. The summed E-state index contributed by atoms with van der Waals surface area (Å²) in [4.78, 5) is 88.7. The third-order valence-corrected chi connectivity index (χ3v) is 9.84. The second-order valence-corrected chi connectivity index (χ2v) is 15.2. The van der Waals surface area contributed by atoms with E-state index in [1.54, 1.807) is 24.3 Å². The molecule has 19 nitrogen and oxygen atoms in total. The molecule has 61 heavy (non-hydrogen) atoms. The topological polar surface area (TPSA) is 282 Å². The maximum Gasteiger partial charge on any atom is 0.326 e. The molecule has 4 aromatic rings. The highest BCUT2D eigenvalue weighted by molar-refractivity contribution is 5.97. The first-order valence-corrected chi connectivity index (χ1v) is 20.1. The molecule has 328 valence electrons. The van der Waals surface area contributed by atoms with Gasteiger partial charge in [0.1, 0.15) is 6.04 Å². The summed E-state index contributed by atoms with van der Waals surface area (Å²) in [6.07, 6.45) is 3.20. The van der Waals surface area contributed by atoms with Gasteiger partial charge in [0, 0.05) is 49.3 Å². The predicted octanol–water partition coefficient (Wildman–Crippen LogP) is 2.68. The van der Waals surface area contributed by atoms with Crippen LogP contribution in [0.25, 0.3) is 11.2 Å². The van der Waals surface area contributed by atoms with E-state index in [0.29, 0.717) is 49.4 Å². The van der Waals surface area contributed by atoms with Gasteiger partial charge in [-0.2, -0.15) is 4.98 Å².